The number of fused-ring (bicyclic) bond motifs is 1. The number of nitrogens with one attached hydrogen (secondary N) is 1. The Labute approximate surface area is 79.9 Å². The molecule has 0 fully saturated rings. The summed E-state index contributed by atoms with van der Waals surface area (Å²) in [5.74, 6) is -0.163. The maximum atomic E-state index is 11.2. The summed E-state index contributed by atoms with van der Waals surface area (Å²) in [6.07, 6.45) is 0. The van der Waals surface area contributed by atoms with Gasteiger partial charge in [0.2, 0.25) is 0 Å². The van der Waals surface area contributed by atoms with Crippen molar-refractivity contribution in [2.24, 2.45) is 0 Å². The molecule has 1 aliphatic rings. The maximum Gasteiger partial charge on any atom is 0.253 e. The molecule has 1 amide bonds. The largest absolute Gasteiger partial charge is 0.348 e. The van der Waals surface area contributed by atoms with E-state index >= 15 is 0 Å². The second kappa shape index (κ2) is 2.75. The van der Waals surface area contributed by atoms with E-state index in [1.54, 1.807) is 6.07 Å². The van der Waals surface area contributed by atoms with Gasteiger partial charge in [0.05, 0.1) is 22.2 Å². The van der Waals surface area contributed by atoms with Gasteiger partial charge in [0.15, 0.2) is 0 Å². The highest BCUT2D eigenvalue weighted by Gasteiger charge is 2.22. The van der Waals surface area contributed by atoms with Crippen LogP contribution in [0, 0.1) is 11.3 Å². The minimum atomic E-state index is -0.163. The van der Waals surface area contributed by atoms with E-state index in [0.29, 0.717) is 22.7 Å². The van der Waals surface area contributed by atoms with Crippen LogP contribution in [-0.4, -0.2) is 5.91 Å². The van der Waals surface area contributed by atoms with E-state index in [0.717, 1.165) is 5.56 Å². The van der Waals surface area contributed by atoms with Crippen molar-refractivity contribution in [3.63, 3.8) is 0 Å². The number of hydrogen-bond donors (Lipinski definition) is 1. The second-order valence-corrected chi connectivity index (χ2v) is 3.19. The second-order valence-electron chi connectivity index (χ2n) is 2.79. The van der Waals surface area contributed by atoms with Crippen molar-refractivity contribution in [3.05, 3.63) is 33.8 Å². The van der Waals surface area contributed by atoms with Gasteiger partial charge in [-0.1, -0.05) is 11.6 Å². The zero-order chi connectivity index (χ0) is 9.42. The number of benzene rings is 1. The molecule has 64 valence electrons. The average molecular weight is 193 g/mol. The van der Waals surface area contributed by atoms with Gasteiger partial charge < -0.3 is 5.32 Å². The van der Waals surface area contributed by atoms with Gasteiger partial charge in [-0.25, -0.2) is 0 Å². The van der Waals surface area contributed by atoms with E-state index in [1.807, 2.05) is 6.07 Å². The van der Waals surface area contributed by atoms with Gasteiger partial charge in [0.25, 0.3) is 5.91 Å². The van der Waals surface area contributed by atoms with E-state index in [1.165, 1.54) is 6.07 Å². The maximum absolute atomic E-state index is 11.2. The summed E-state index contributed by atoms with van der Waals surface area (Å²) >= 11 is 5.84. The molecule has 0 aliphatic carbocycles. The molecule has 3 nitrogen and oxygen atoms in total. The Bertz CT molecular complexity index is 434. The van der Waals surface area contributed by atoms with Crippen LogP contribution in [0.4, 0.5) is 0 Å². The lowest BCUT2D eigenvalue weighted by atomic mass is 10.1. The normalized spacial score (nSPS) is 13.4. The molecule has 0 saturated heterocycles. The van der Waals surface area contributed by atoms with Gasteiger partial charge in [0.1, 0.15) is 0 Å². The zero-order valence-electron chi connectivity index (χ0n) is 6.60. The quantitative estimate of drug-likeness (QED) is 0.677. The third-order valence-corrected chi connectivity index (χ3v) is 2.27. The summed E-state index contributed by atoms with van der Waals surface area (Å²) in [5, 5.41) is 11.6. The van der Waals surface area contributed by atoms with Crippen molar-refractivity contribution in [1.29, 1.82) is 5.26 Å². The number of nitriles is 1. The number of hydrogen-bond acceptors (Lipinski definition) is 2. The summed E-state index contributed by atoms with van der Waals surface area (Å²) < 4.78 is 0. The monoisotopic (exact) mass is 192 g/mol. The van der Waals surface area contributed by atoms with Gasteiger partial charge >= 0.3 is 0 Å². The average Bonchev–Trinajstić information content (AvgIpc) is 2.48. The molecule has 0 spiro atoms. The van der Waals surface area contributed by atoms with E-state index < -0.39 is 0 Å². The first kappa shape index (κ1) is 8.09. The Morgan fingerprint density at radius 3 is 3.00 bits per heavy atom. The number of rotatable bonds is 0. The first-order chi connectivity index (χ1) is 6.22. The van der Waals surface area contributed by atoms with E-state index in [9.17, 15) is 4.79 Å². The standard InChI is InChI=1S/C9H5ClN2O/c10-7-2-5(3-11)1-6-4-12-9(13)8(6)7/h1-2H,4H2,(H,12,13). The molecule has 0 aromatic heterocycles. The highest BCUT2D eigenvalue weighted by Crippen LogP contribution is 2.25. The van der Waals surface area contributed by atoms with Crippen molar-refractivity contribution >= 4 is 17.5 Å². The smallest absolute Gasteiger partial charge is 0.253 e. The van der Waals surface area contributed by atoms with Crippen molar-refractivity contribution in [1.82, 2.24) is 5.32 Å². The van der Waals surface area contributed by atoms with Gasteiger partial charge in [-0.15, -0.1) is 0 Å². The van der Waals surface area contributed by atoms with Crippen LogP contribution in [-0.2, 0) is 6.54 Å². The van der Waals surface area contributed by atoms with Crippen molar-refractivity contribution in [2.45, 2.75) is 6.54 Å². The van der Waals surface area contributed by atoms with Crippen LogP contribution in [0.15, 0.2) is 12.1 Å². The summed E-state index contributed by atoms with van der Waals surface area (Å²) in [7, 11) is 0. The van der Waals surface area contributed by atoms with Crippen molar-refractivity contribution in [3.8, 4) is 6.07 Å². The third-order valence-electron chi connectivity index (χ3n) is 1.97. The SMILES string of the molecule is N#Cc1cc(Cl)c2c(c1)CNC2=O. The van der Waals surface area contributed by atoms with Gasteiger partial charge in [-0.2, -0.15) is 5.26 Å². The number of halogens is 1. The molecule has 4 heteroatoms. The Kier molecular flexibility index (Phi) is 1.71. The minimum Gasteiger partial charge on any atom is -0.348 e. The molecule has 13 heavy (non-hydrogen) atoms. The molecule has 1 aliphatic heterocycles. The lowest BCUT2D eigenvalue weighted by Crippen LogP contribution is -2.12. The summed E-state index contributed by atoms with van der Waals surface area (Å²) in [6, 6.07) is 5.17. The molecule has 0 atom stereocenters. The number of nitrogens with zero attached hydrogens (tertiary/aromatic N) is 1. The molecule has 1 aromatic carbocycles. The summed E-state index contributed by atoms with van der Waals surface area (Å²) in [5.41, 5.74) is 1.79. The summed E-state index contributed by atoms with van der Waals surface area (Å²) in [4.78, 5) is 11.2. The van der Waals surface area contributed by atoms with E-state index in [-0.39, 0.29) is 5.91 Å². The molecule has 0 bridgehead atoms. The lowest BCUT2D eigenvalue weighted by Gasteiger charge is -1.98. The molecule has 2 rings (SSSR count). The van der Waals surface area contributed by atoms with Gasteiger partial charge in [-0.3, -0.25) is 4.79 Å². The van der Waals surface area contributed by atoms with Crippen LogP contribution in [0.25, 0.3) is 0 Å². The fourth-order valence-electron chi connectivity index (χ4n) is 1.39. The Balaban J connectivity index is 2.67. The zero-order valence-corrected chi connectivity index (χ0v) is 7.35. The molecule has 0 unspecified atom stereocenters. The van der Waals surface area contributed by atoms with Crippen LogP contribution in [0.5, 0.6) is 0 Å². The number of carbonyl (C=O) groups excluding carboxylic acids is 1. The van der Waals surface area contributed by atoms with Gasteiger partial charge in [-0.05, 0) is 17.7 Å². The minimum absolute atomic E-state index is 0.163. The van der Waals surface area contributed by atoms with E-state index in [2.05, 4.69) is 5.32 Å². The Morgan fingerprint density at radius 1 is 1.54 bits per heavy atom. The van der Waals surface area contributed by atoms with Crippen LogP contribution in [0.3, 0.4) is 0 Å². The molecule has 1 aromatic rings. The van der Waals surface area contributed by atoms with Crippen LogP contribution < -0.4 is 5.32 Å². The van der Waals surface area contributed by atoms with Crippen LogP contribution in [0.1, 0.15) is 21.5 Å². The van der Waals surface area contributed by atoms with Crippen LogP contribution in [0.2, 0.25) is 5.02 Å². The molecular weight excluding hydrogens is 188 g/mol. The highest BCUT2D eigenvalue weighted by molar-refractivity contribution is 6.34. The first-order valence-electron chi connectivity index (χ1n) is 3.73. The Morgan fingerprint density at radius 2 is 2.31 bits per heavy atom. The number of carbonyl (C=O) groups is 1. The molecule has 0 saturated carbocycles. The predicted molar refractivity (Wildman–Crippen MR) is 47.3 cm³/mol. The molecule has 0 radical (unpaired) electrons. The fourth-order valence-corrected chi connectivity index (χ4v) is 1.71. The van der Waals surface area contributed by atoms with Crippen molar-refractivity contribution in [2.75, 3.05) is 0 Å². The Hall–Kier alpha value is -1.53. The molecule has 1 heterocycles. The first-order valence-corrected chi connectivity index (χ1v) is 4.11. The molecular formula is C9H5ClN2O. The molecule has 1 N–H and O–H groups in total. The predicted octanol–water partition coefficient (Wildman–Crippen LogP) is 1.46. The highest BCUT2D eigenvalue weighted by atomic mass is 35.5. The number of amides is 1. The third kappa shape index (κ3) is 1.16. The van der Waals surface area contributed by atoms with E-state index in [4.69, 9.17) is 16.9 Å². The lowest BCUT2D eigenvalue weighted by molar-refractivity contribution is 0.0966. The summed E-state index contributed by atoms with van der Waals surface area (Å²) in [6.45, 7) is 0.462. The van der Waals surface area contributed by atoms with Crippen LogP contribution >= 0.6 is 11.6 Å². The topological polar surface area (TPSA) is 52.9 Å². The van der Waals surface area contributed by atoms with Crippen molar-refractivity contribution < 1.29 is 4.79 Å². The fraction of sp³-hybridized carbons (Fsp3) is 0.111. The van der Waals surface area contributed by atoms with Gasteiger partial charge in [0, 0.05) is 6.54 Å².